The molecule has 3 heteroatoms. The molecule has 0 radical (unpaired) electrons. The molecule has 0 heterocycles. The molecule has 0 aliphatic rings. The van der Waals surface area contributed by atoms with Crippen LogP contribution in [0.5, 0.6) is 17.2 Å². The van der Waals surface area contributed by atoms with Gasteiger partial charge in [0.2, 0.25) is 0 Å². The smallest absolute Gasteiger partial charge is 0.164 e. The number of hydrogen-bond donors (Lipinski definition) is 2. The van der Waals surface area contributed by atoms with Crippen LogP contribution in [0.15, 0.2) is 6.07 Å². The van der Waals surface area contributed by atoms with Gasteiger partial charge in [-0.25, -0.2) is 0 Å². The van der Waals surface area contributed by atoms with E-state index in [1.54, 1.807) is 0 Å². The van der Waals surface area contributed by atoms with Crippen molar-refractivity contribution in [3.05, 3.63) is 17.2 Å². The molecule has 0 saturated carbocycles. The van der Waals surface area contributed by atoms with Gasteiger partial charge in [0, 0.05) is 11.1 Å². The minimum Gasteiger partial charge on any atom is -0.504 e. The summed E-state index contributed by atoms with van der Waals surface area (Å²) in [6.45, 7) is 11.0. The molecule has 1 rings (SSSR count). The molecule has 0 spiro atoms. The Labute approximate surface area is 122 Å². The molecule has 0 aromatic heterocycles. The van der Waals surface area contributed by atoms with E-state index in [0.29, 0.717) is 30.6 Å². The van der Waals surface area contributed by atoms with Crippen molar-refractivity contribution in [2.45, 2.75) is 53.9 Å². The lowest BCUT2D eigenvalue weighted by Gasteiger charge is -2.18. The predicted octanol–water partition coefficient (Wildman–Crippen LogP) is 4.28. The van der Waals surface area contributed by atoms with Crippen LogP contribution in [-0.4, -0.2) is 16.8 Å². The van der Waals surface area contributed by atoms with Crippen LogP contribution < -0.4 is 4.74 Å². The molecule has 2 N–H and O–H groups in total. The summed E-state index contributed by atoms with van der Waals surface area (Å²) in [7, 11) is 0. The van der Waals surface area contributed by atoms with E-state index in [0.717, 1.165) is 24.0 Å². The van der Waals surface area contributed by atoms with Crippen molar-refractivity contribution in [2.24, 2.45) is 11.8 Å². The molecule has 0 bridgehead atoms. The van der Waals surface area contributed by atoms with E-state index >= 15 is 0 Å². The first-order valence-electron chi connectivity index (χ1n) is 7.56. The highest BCUT2D eigenvalue weighted by Gasteiger charge is 2.19. The van der Waals surface area contributed by atoms with Gasteiger partial charge in [-0.1, -0.05) is 34.6 Å². The fourth-order valence-corrected chi connectivity index (χ4v) is 2.27. The molecule has 114 valence electrons. The number of rotatable bonds is 7. The van der Waals surface area contributed by atoms with Gasteiger partial charge in [-0.2, -0.15) is 0 Å². The van der Waals surface area contributed by atoms with E-state index in [-0.39, 0.29) is 11.5 Å². The van der Waals surface area contributed by atoms with Gasteiger partial charge >= 0.3 is 0 Å². The number of hydrogen-bond acceptors (Lipinski definition) is 3. The van der Waals surface area contributed by atoms with Crippen LogP contribution in [0.3, 0.4) is 0 Å². The normalized spacial score (nSPS) is 11.3. The first-order chi connectivity index (χ1) is 9.36. The van der Waals surface area contributed by atoms with Crippen LogP contribution in [0.25, 0.3) is 0 Å². The minimum absolute atomic E-state index is 0.0112. The summed E-state index contributed by atoms with van der Waals surface area (Å²) < 4.78 is 5.77. The Hall–Kier alpha value is -1.38. The summed E-state index contributed by atoms with van der Waals surface area (Å²) >= 11 is 0. The summed E-state index contributed by atoms with van der Waals surface area (Å²) in [5, 5.41) is 20.5. The lowest BCUT2D eigenvalue weighted by molar-refractivity contribution is 0.306. The van der Waals surface area contributed by atoms with Crippen LogP contribution in [0.4, 0.5) is 0 Å². The second-order valence-corrected chi connectivity index (χ2v) is 6.25. The SMILES string of the molecule is CCCOc1cc(CC(C)C)c(O)c(O)c1CC(C)C. The minimum atomic E-state index is -0.0112. The molecular formula is C17H28O3. The van der Waals surface area contributed by atoms with Crippen molar-refractivity contribution in [2.75, 3.05) is 6.61 Å². The van der Waals surface area contributed by atoms with Crippen LogP contribution in [-0.2, 0) is 12.8 Å². The maximum Gasteiger partial charge on any atom is 0.164 e. The maximum atomic E-state index is 10.3. The van der Waals surface area contributed by atoms with E-state index in [2.05, 4.69) is 34.6 Å². The van der Waals surface area contributed by atoms with E-state index < -0.39 is 0 Å². The van der Waals surface area contributed by atoms with Crippen molar-refractivity contribution >= 4 is 0 Å². The number of phenolic OH excluding ortho intramolecular Hbond substituents is 2. The highest BCUT2D eigenvalue weighted by atomic mass is 16.5. The molecule has 0 unspecified atom stereocenters. The number of aromatic hydroxyl groups is 2. The van der Waals surface area contributed by atoms with E-state index in [1.165, 1.54) is 0 Å². The van der Waals surface area contributed by atoms with Crippen LogP contribution in [0, 0.1) is 11.8 Å². The van der Waals surface area contributed by atoms with Crippen molar-refractivity contribution in [3.8, 4) is 17.2 Å². The van der Waals surface area contributed by atoms with E-state index in [4.69, 9.17) is 4.74 Å². The lowest BCUT2D eigenvalue weighted by Crippen LogP contribution is -2.05. The third-order valence-corrected chi connectivity index (χ3v) is 3.12. The summed E-state index contributed by atoms with van der Waals surface area (Å²) in [5.74, 6) is 1.52. The van der Waals surface area contributed by atoms with Crippen LogP contribution in [0.1, 0.15) is 52.2 Å². The zero-order valence-corrected chi connectivity index (χ0v) is 13.4. The van der Waals surface area contributed by atoms with Gasteiger partial charge in [0.05, 0.1) is 6.61 Å². The van der Waals surface area contributed by atoms with Gasteiger partial charge in [-0.15, -0.1) is 0 Å². The van der Waals surface area contributed by atoms with Gasteiger partial charge in [0.15, 0.2) is 11.5 Å². The van der Waals surface area contributed by atoms with Gasteiger partial charge < -0.3 is 14.9 Å². The van der Waals surface area contributed by atoms with Gasteiger partial charge in [-0.05, 0) is 37.2 Å². The fourth-order valence-electron chi connectivity index (χ4n) is 2.27. The Balaban J connectivity index is 3.23. The summed E-state index contributed by atoms with van der Waals surface area (Å²) in [6, 6.07) is 1.89. The number of benzene rings is 1. The largest absolute Gasteiger partial charge is 0.504 e. The molecule has 0 amide bonds. The molecule has 0 atom stereocenters. The van der Waals surface area contributed by atoms with E-state index in [9.17, 15) is 10.2 Å². The van der Waals surface area contributed by atoms with Crippen molar-refractivity contribution in [3.63, 3.8) is 0 Å². The Kier molecular flexibility index (Phi) is 6.18. The Bertz CT molecular complexity index is 436. The average Bonchev–Trinajstić information content (AvgIpc) is 2.36. The second kappa shape index (κ2) is 7.41. The molecule has 0 saturated heterocycles. The molecule has 0 aliphatic heterocycles. The zero-order valence-electron chi connectivity index (χ0n) is 13.4. The highest BCUT2D eigenvalue weighted by molar-refractivity contribution is 5.57. The zero-order chi connectivity index (χ0) is 15.3. The monoisotopic (exact) mass is 280 g/mol. The Morgan fingerprint density at radius 2 is 1.60 bits per heavy atom. The summed E-state index contributed by atoms with van der Waals surface area (Å²) in [5.41, 5.74) is 1.48. The summed E-state index contributed by atoms with van der Waals surface area (Å²) in [6.07, 6.45) is 2.34. The van der Waals surface area contributed by atoms with Crippen molar-refractivity contribution in [1.29, 1.82) is 0 Å². The summed E-state index contributed by atoms with van der Waals surface area (Å²) in [4.78, 5) is 0. The van der Waals surface area contributed by atoms with Gasteiger partial charge in [0.25, 0.3) is 0 Å². The van der Waals surface area contributed by atoms with Gasteiger partial charge in [-0.3, -0.25) is 0 Å². The molecule has 0 aliphatic carbocycles. The Morgan fingerprint density at radius 3 is 2.10 bits per heavy atom. The third kappa shape index (κ3) is 4.32. The highest BCUT2D eigenvalue weighted by Crippen LogP contribution is 2.41. The molecule has 3 nitrogen and oxygen atoms in total. The van der Waals surface area contributed by atoms with Crippen molar-refractivity contribution < 1.29 is 14.9 Å². The number of phenols is 2. The molecular weight excluding hydrogens is 252 g/mol. The Morgan fingerprint density at radius 1 is 1.00 bits per heavy atom. The predicted molar refractivity (Wildman–Crippen MR) is 82.6 cm³/mol. The van der Waals surface area contributed by atoms with Gasteiger partial charge in [0.1, 0.15) is 5.75 Å². The topological polar surface area (TPSA) is 49.7 Å². The molecule has 1 aromatic carbocycles. The fraction of sp³-hybridized carbons (Fsp3) is 0.647. The molecule has 1 aromatic rings. The molecule has 0 fully saturated rings. The van der Waals surface area contributed by atoms with E-state index in [1.807, 2.05) is 6.07 Å². The third-order valence-electron chi connectivity index (χ3n) is 3.12. The second-order valence-electron chi connectivity index (χ2n) is 6.25. The quantitative estimate of drug-likeness (QED) is 0.733. The number of ether oxygens (including phenoxy) is 1. The van der Waals surface area contributed by atoms with Crippen LogP contribution in [0.2, 0.25) is 0 Å². The first kappa shape index (κ1) is 16.7. The lowest BCUT2D eigenvalue weighted by atomic mass is 9.95. The molecule has 20 heavy (non-hydrogen) atoms. The standard InChI is InChI=1S/C17H28O3/c1-6-7-20-15-10-13(8-11(2)3)16(18)17(19)14(15)9-12(4)5/h10-12,18-19H,6-9H2,1-5H3. The van der Waals surface area contributed by atoms with Crippen molar-refractivity contribution in [1.82, 2.24) is 0 Å². The first-order valence-corrected chi connectivity index (χ1v) is 7.56. The maximum absolute atomic E-state index is 10.3. The average molecular weight is 280 g/mol. The van der Waals surface area contributed by atoms with Crippen LogP contribution >= 0.6 is 0 Å².